The molecular formula is C38H36N2O2. The van der Waals surface area contributed by atoms with E-state index in [2.05, 4.69) is 56.3 Å². The molecule has 0 radical (unpaired) electrons. The maximum atomic E-state index is 12.7. The Morgan fingerprint density at radius 2 is 1.21 bits per heavy atom. The molecule has 42 heavy (non-hydrogen) atoms. The van der Waals surface area contributed by atoms with Crippen LogP contribution in [0.2, 0.25) is 0 Å². The van der Waals surface area contributed by atoms with Crippen LogP contribution in [0.15, 0.2) is 119 Å². The zero-order valence-electron chi connectivity index (χ0n) is 24.6. The van der Waals surface area contributed by atoms with Crippen LogP contribution >= 0.6 is 0 Å². The molecule has 1 fully saturated rings. The molecule has 0 unspecified atom stereocenters. The Morgan fingerprint density at radius 1 is 0.690 bits per heavy atom. The quantitative estimate of drug-likeness (QED) is 0.109. The Hall–Kier alpha value is -4.96. The maximum Gasteiger partial charge on any atom is 0.163 e. The fraction of sp³-hybridized carbons (Fsp3) is 0.158. The molecule has 0 aliphatic heterocycles. The number of nitrogens with two attached hydrogens (primary N) is 2. The Labute approximate surface area is 247 Å². The summed E-state index contributed by atoms with van der Waals surface area (Å²) >= 11 is 0. The zero-order chi connectivity index (χ0) is 30.0. The van der Waals surface area contributed by atoms with Gasteiger partial charge in [-0.1, -0.05) is 85.0 Å². The molecule has 4 heteroatoms. The Morgan fingerprint density at radius 3 is 1.83 bits per heavy atom. The third-order valence-corrected chi connectivity index (χ3v) is 8.04. The molecule has 5 rings (SSSR count). The molecule has 0 saturated heterocycles. The van der Waals surface area contributed by atoms with Crippen molar-refractivity contribution in [3.05, 3.63) is 136 Å². The minimum atomic E-state index is -0.236. The van der Waals surface area contributed by atoms with E-state index in [0.29, 0.717) is 18.5 Å². The fourth-order valence-corrected chi connectivity index (χ4v) is 6.04. The van der Waals surface area contributed by atoms with Gasteiger partial charge in [0.15, 0.2) is 11.6 Å². The van der Waals surface area contributed by atoms with Gasteiger partial charge in [-0.2, -0.15) is 0 Å². The first-order valence-electron chi connectivity index (χ1n) is 14.2. The summed E-state index contributed by atoms with van der Waals surface area (Å²) < 4.78 is 0. The van der Waals surface area contributed by atoms with Gasteiger partial charge in [0.05, 0.1) is 5.57 Å². The topological polar surface area (TPSA) is 86.2 Å². The lowest BCUT2D eigenvalue weighted by Crippen LogP contribution is -2.10. The van der Waals surface area contributed by atoms with Gasteiger partial charge in [-0.15, -0.1) is 0 Å². The highest BCUT2D eigenvalue weighted by Crippen LogP contribution is 2.39. The zero-order valence-corrected chi connectivity index (χ0v) is 24.6. The van der Waals surface area contributed by atoms with Crippen molar-refractivity contribution >= 4 is 50.1 Å². The molecule has 1 aliphatic rings. The molecule has 4 aromatic rings. The molecule has 1 aliphatic carbocycles. The number of aryl methyl sites for hydroxylation is 1. The molecule has 0 heterocycles. The summed E-state index contributed by atoms with van der Waals surface area (Å²) in [6.07, 6.45) is 9.39. The second kappa shape index (κ2) is 11.9. The van der Waals surface area contributed by atoms with Gasteiger partial charge in [0, 0.05) is 22.3 Å². The van der Waals surface area contributed by atoms with Crippen molar-refractivity contribution in [3.8, 4) is 0 Å². The number of allylic oxidation sites excluding steroid dienone is 9. The van der Waals surface area contributed by atoms with E-state index in [4.69, 9.17) is 11.5 Å². The molecular weight excluding hydrogens is 516 g/mol. The van der Waals surface area contributed by atoms with Crippen molar-refractivity contribution in [1.82, 2.24) is 0 Å². The third kappa shape index (κ3) is 5.48. The van der Waals surface area contributed by atoms with Gasteiger partial charge >= 0.3 is 0 Å². The van der Waals surface area contributed by atoms with Crippen molar-refractivity contribution in [2.75, 3.05) is 5.73 Å². The normalized spacial score (nSPS) is 16.1. The van der Waals surface area contributed by atoms with Crippen LogP contribution in [0.1, 0.15) is 50.3 Å². The van der Waals surface area contributed by atoms with Crippen LogP contribution in [-0.2, 0) is 9.59 Å². The first-order valence-corrected chi connectivity index (χ1v) is 14.2. The number of Topliss-reactive ketones (excluding diaryl/α,β-unsaturated/α-hetero) is 2. The second-order valence-electron chi connectivity index (χ2n) is 10.9. The number of rotatable bonds is 6. The highest BCUT2D eigenvalue weighted by molar-refractivity contribution is 6.20. The molecule has 1 saturated carbocycles. The number of nitrogen functional groups attached to an aromatic ring is 1. The summed E-state index contributed by atoms with van der Waals surface area (Å²) in [6.45, 7) is 7.06. The van der Waals surface area contributed by atoms with Gasteiger partial charge in [-0.25, -0.2) is 0 Å². The van der Waals surface area contributed by atoms with E-state index in [1.165, 1.54) is 13.8 Å². The first-order chi connectivity index (χ1) is 20.2. The van der Waals surface area contributed by atoms with Crippen LogP contribution in [0.4, 0.5) is 5.69 Å². The molecule has 0 atom stereocenters. The van der Waals surface area contributed by atoms with Gasteiger partial charge in [-0.05, 0) is 102 Å². The number of benzene rings is 4. The predicted octanol–water partition coefficient (Wildman–Crippen LogP) is 8.41. The third-order valence-electron chi connectivity index (χ3n) is 8.04. The second-order valence-corrected chi connectivity index (χ2v) is 10.9. The van der Waals surface area contributed by atoms with Crippen LogP contribution in [0, 0.1) is 6.92 Å². The van der Waals surface area contributed by atoms with Crippen molar-refractivity contribution in [2.45, 2.75) is 40.5 Å². The van der Waals surface area contributed by atoms with Crippen LogP contribution in [-0.4, -0.2) is 11.6 Å². The number of fused-ring (bicyclic) bond motifs is 2. The highest BCUT2D eigenvalue weighted by atomic mass is 16.1. The standard InChI is InChI=1S/C38H36N2O2/c1-23(31-14-6-12-28-13-8-16-34(40)38(28)31)17-18-29-19-20-30(37(29)36(25(3)41)26(4)42)21-22-33(39)32-15-7-11-27-10-5-9-24(2)35(27)32/h5-18,21-22H,19-20,39-40H2,1-4H3/b23-17+,29-18-,30-21-,33-22-. The van der Waals surface area contributed by atoms with Gasteiger partial charge in [0.25, 0.3) is 0 Å². The fourth-order valence-electron chi connectivity index (χ4n) is 6.04. The molecule has 0 amide bonds. The summed E-state index contributed by atoms with van der Waals surface area (Å²) in [5, 5.41) is 4.36. The summed E-state index contributed by atoms with van der Waals surface area (Å²) in [4.78, 5) is 25.5. The van der Waals surface area contributed by atoms with E-state index < -0.39 is 0 Å². The van der Waals surface area contributed by atoms with Crippen molar-refractivity contribution in [3.63, 3.8) is 0 Å². The lowest BCUT2D eigenvalue weighted by atomic mass is 9.93. The Balaban J connectivity index is 1.59. The molecule has 0 aromatic heterocycles. The average molecular weight is 553 g/mol. The van der Waals surface area contributed by atoms with E-state index in [1.54, 1.807) is 0 Å². The SMILES string of the molecule is CC(=O)C(C(C)=O)=C1/C(=C\C=C(/N)c2cccc3cccc(C)c23)CC/C1=C/C=C(\C)c1cccc2cccc(N)c12. The van der Waals surface area contributed by atoms with E-state index in [-0.39, 0.29) is 17.1 Å². The highest BCUT2D eigenvalue weighted by Gasteiger charge is 2.26. The number of carbonyl (C=O) groups excluding carboxylic acids is 2. The van der Waals surface area contributed by atoms with Gasteiger partial charge in [0.2, 0.25) is 0 Å². The minimum absolute atomic E-state index is 0.235. The van der Waals surface area contributed by atoms with E-state index in [9.17, 15) is 9.59 Å². The van der Waals surface area contributed by atoms with Crippen molar-refractivity contribution in [1.29, 1.82) is 0 Å². The van der Waals surface area contributed by atoms with E-state index in [0.717, 1.165) is 66.2 Å². The summed E-state index contributed by atoms with van der Waals surface area (Å²) in [6, 6.07) is 24.4. The molecule has 210 valence electrons. The lowest BCUT2D eigenvalue weighted by Gasteiger charge is -2.11. The predicted molar refractivity (Wildman–Crippen MR) is 177 cm³/mol. The molecule has 4 nitrogen and oxygen atoms in total. The Kier molecular flexibility index (Phi) is 8.08. The minimum Gasteiger partial charge on any atom is -0.398 e. The lowest BCUT2D eigenvalue weighted by molar-refractivity contribution is -0.119. The van der Waals surface area contributed by atoms with Crippen LogP contribution in [0.25, 0.3) is 32.8 Å². The monoisotopic (exact) mass is 552 g/mol. The smallest absolute Gasteiger partial charge is 0.163 e. The van der Waals surface area contributed by atoms with Crippen LogP contribution in [0.5, 0.6) is 0 Å². The number of hydrogen-bond donors (Lipinski definition) is 2. The number of carbonyl (C=O) groups is 2. The van der Waals surface area contributed by atoms with Gasteiger partial charge in [-0.3, -0.25) is 9.59 Å². The first kappa shape index (κ1) is 28.6. The molecule has 4 N–H and O–H groups in total. The Bertz CT molecular complexity index is 1770. The largest absolute Gasteiger partial charge is 0.398 e. The van der Waals surface area contributed by atoms with E-state index >= 15 is 0 Å². The van der Waals surface area contributed by atoms with Crippen molar-refractivity contribution in [2.24, 2.45) is 5.73 Å². The molecule has 0 bridgehead atoms. The summed E-state index contributed by atoms with van der Waals surface area (Å²) in [5.41, 5.74) is 21.4. The maximum absolute atomic E-state index is 12.7. The summed E-state index contributed by atoms with van der Waals surface area (Å²) in [5.74, 6) is -0.472. The molecule has 4 aromatic carbocycles. The van der Waals surface area contributed by atoms with Gasteiger partial charge < -0.3 is 11.5 Å². The number of hydrogen-bond acceptors (Lipinski definition) is 4. The number of anilines is 1. The summed E-state index contributed by atoms with van der Waals surface area (Å²) in [7, 11) is 0. The number of ketones is 2. The van der Waals surface area contributed by atoms with E-state index in [1.807, 2.05) is 54.6 Å². The molecule has 0 spiro atoms. The van der Waals surface area contributed by atoms with Crippen molar-refractivity contribution < 1.29 is 9.59 Å². The van der Waals surface area contributed by atoms with Crippen LogP contribution in [0.3, 0.4) is 0 Å². The van der Waals surface area contributed by atoms with Gasteiger partial charge in [0.1, 0.15) is 0 Å². The average Bonchev–Trinajstić information content (AvgIpc) is 3.35. The van der Waals surface area contributed by atoms with Crippen LogP contribution < -0.4 is 11.5 Å².